The molecule has 0 saturated carbocycles. The van der Waals surface area contributed by atoms with Gasteiger partial charge in [0, 0.05) is 17.3 Å². The Morgan fingerprint density at radius 3 is 2.76 bits per heavy atom. The third-order valence-corrected chi connectivity index (χ3v) is 2.95. The van der Waals surface area contributed by atoms with E-state index in [1.54, 1.807) is 24.4 Å². The number of anilines is 1. The molecule has 21 heavy (non-hydrogen) atoms. The first kappa shape index (κ1) is 14.8. The summed E-state index contributed by atoms with van der Waals surface area (Å²) < 4.78 is 0. The number of hydrogen-bond acceptors (Lipinski definition) is 3. The van der Waals surface area contributed by atoms with E-state index in [9.17, 15) is 4.79 Å². The highest BCUT2D eigenvalue weighted by atomic mass is 16.2. The van der Waals surface area contributed by atoms with Gasteiger partial charge in [-0.3, -0.25) is 4.79 Å². The quantitative estimate of drug-likeness (QED) is 0.830. The molecule has 0 unspecified atom stereocenters. The lowest BCUT2D eigenvalue weighted by Gasteiger charge is -2.06. The summed E-state index contributed by atoms with van der Waals surface area (Å²) in [6.07, 6.45) is 1.70. The number of aliphatic hydroxyl groups is 1. The van der Waals surface area contributed by atoms with E-state index in [4.69, 9.17) is 5.11 Å². The fourth-order valence-electron chi connectivity index (χ4n) is 1.76. The molecule has 0 radical (unpaired) electrons. The van der Waals surface area contributed by atoms with Gasteiger partial charge in [-0.25, -0.2) is 4.98 Å². The molecule has 4 nitrogen and oxygen atoms in total. The van der Waals surface area contributed by atoms with Crippen molar-refractivity contribution in [2.45, 2.75) is 13.8 Å². The van der Waals surface area contributed by atoms with E-state index in [1.807, 2.05) is 26.0 Å². The van der Waals surface area contributed by atoms with Gasteiger partial charge in [0.2, 0.25) is 0 Å². The molecule has 1 heterocycles. The molecule has 0 aliphatic carbocycles. The Labute approximate surface area is 123 Å². The first-order valence-electron chi connectivity index (χ1n) is 6.54. The van der Waals surface area contributed by atoms with Crippen molar-refractivity contribution in [2.75, 3.05) is 11.9 Å². The number of carbonyl (C=O) groups is 1. The molecule has 2 rings (SSSR count). The number of aryl methyl sites for hydroxylation is 2. The number of aromatic nitrogens is 1. The zero-order valence-electron chi connectivity index (χ0n) is 12.0. The van der Waals surface area contributed by atoms with Crippen molar-refractivity contribution in [2.24, 2.45) is 0 Å². The van der Waals surface area contributed by atoms with Crippen molar-refractivity contribution < 1.29 is 9.90 Å². The summed E-state index contributed by atoms with van der Waals surface area (Å²) in [4.78, 5) is 16.3. The molecule has 106 valence electrons. The van der Waals surface area contributed by atoms with Crippen molar-refractivity contribution in [1.29, 1.82) is 0 Å². The van der Waals surface area contributed by atoms with E-state index in [0.29, 0.717) is 11.4 Å². The maximum absolute atomic E-state index is 12.2. The Balaban J connectivity index is 2.21. The Bertz CT molecular complexity index is 710. The van der Waals surface area contributed by atoms with Crippen molar-refractivity contribution in [3.05, 3.63) is 58.8 Å². The SMILES string of the molecule is Cc1ccc(NC(=O)c2ccc(C)c(C#CCO)c2)nc1. The predicted molar refractivity (Wildman–Crippen MR) is 82.1 cm³/mol. The maximum Gasteiger partial charge on any atom is 0.256 e. The highest BCUT2D eigenvalue weighted by molar-refractivity contribution is 6.04. The molecule has 0 fully saturated rings. The summed E-state index contributed by atoms with van der Waals surface area (Å²) in [7, 11) is 0. The Morgan fingerprint density at radius 2 is 2.10 bits per heavy atom. The molecule has 1 aromatic heterocycles. The Hall–Kier alpha value is -2.64. The van der Waals surface area contributed by atoms with Crippen molar-refractivity contribution in [1.82, 2.24) is 4.98 Å². The van der Waals surface area contributed by atoms with E-state index < -0.39 is 0 Å². The Kier molecular flexibility index (Phi) is 4.70. The molecule has 2 N–H and O–H groups in total. The van der Waals surface area contributed by atoms with E-state index in [0.717, 1.165) is 16.7 Å². The summed E-state index contributed by atoms with van der Waals surface area (Å²) >= 11 is 0. The fourth-order valence-corrected chi connectivity index (χ4v) is 1.76. The zero-order chi connectivity index (χ0) is 15.2. The number of nitrogens with one attached hydrogen (secondary N) is 1. The van der Waals surface area contributed by atoms with Crippen LogP contribution in [0.15, 0.2) is 36.5 Å². The smallest absolute Gasteiger partial charge is 0.256 e. The molecule has 1 amide bonds. The molecule has 1 aromatic carbocycles. The minimum Gasteiger partial charge on any atom is -0.384 e. The number of carbonyl (C=O) groups excluding carboxylic acids is 1. The van der Waals surface area contributed by atoms with E-state index in [2.05, 4.69) is 22.1 Å². The summed E-state index contributed by atoms with van der Waals surface area (Å²) in [5, 5.41) is 11.5. The lowest BCUT2D eigenvalue weighted by Crippen LogP contribution is -2.13. The third-order valence-electron chi connectivity index (χ3n) is 2.95. The third kappa shape index (κ3) is 3.91. The second-order valence-electron chi connectivity index (χ2n) is 4.66. The summed E-state index contributed by atoms with van der Waals surface area (Å²) in [6, 6.07) is 8.92. The second-order valence-corrected chi connectivity index (χ2v) is 4.66. The standard InChI is InChI=1S/C17H16N2O2/c1-12-5-8-16(18-11-12)19-17(21)15-7-6-13(2)14(10-15)4-3-9-20/h5-8,10-11,20H,9H2,1-2H3,(H,18,19,21). The van der Waals surface area contributed by atoms with Gasteiger partial charge in [-0.05, 0) is 43.2 Å². The zero-order valence-corrected chi connectivity index (χ0v) is 12.0. The number of aliphatic hydroxyl groups excluding tert-OH is 1. The molecule has 0 aliphatic rings. The molecule has 4 heteroatoms. The van der Waals surface area contributed by atoms with Crippen LogP contribution in [0.1, 0.15) is 27.0 Å². The van der Waals surface area contributed by atoms with Gasteiger partial charge < -0.3 is 10.4 Å². The van der Waals surface area contributed by atoms with Crippen LogP contribution in [0.3, 0.4) is 0 Å². The van der Waals surface area contributed by atoms with Gasteiger partial charge >= 0.3 is 0 Å². The van der Waals surface area contributed by atoms with Crippen molar-refractivity contribution in [3.8, 4) is 11.8 Å². The highest BCUT2D eigenvalue weighted by Gasteiger charge is 2.08. The largest absolute Gasteiger partial charge is 0.384 e. The van der Waals surface area contributed by atoms with Gasteiger partial charge in [0.05, 0.1) is 0 Å². The normalized spacial score (nSPS) is 9.67. The minimum atomic E-state index is -0.238. The summed E-state index contributed by atoms with van der Waals surface area (Å²) in [5.74, 6) is 5.69. The van der Waals surface area contributed by atoms with Gasteiger partial charge in [-0.1, -0.05) is 24.0 Å². The average molecular weight is 280 g/mol. The minimum absolute atomic E-state index is 0.205. The second kappa shape index (κ2) is 6.69. The van der Waals surface area contributed by atoms with Gasteiger partial charge in [0.1, 0.15) is 12.4 Å². The molecule has 2 aromatic rings. The lowest BCUT2D eigenvalue weighted by atomic mass is 10.0. The summed E-state index contributed by atoms with van der Waals surface area (Å²) in [6.45, 7) is 3.64. The first-order chi connectivity index (χ1) is 10.1. The number of amides is 1. The first-order valence-corrected chi connectivity index (χ1v) is 6.54. The Morgan fingerprint density at radius 1 is 1.29 bits per heavy atom. The molecular weight excluding hydrogens is 264 g/mol. The number of pyridine rings is 1. The molecule has 0 atom stereocenters. The van der Waals surface area contributed by atoms with Crippen LogP contribution in [0, 0.1) is 25.7 Å². The van der Waals surface area contributed by atoms with Crippen molar-refractivity contribution in [3.63, 3.8) is 0 Å². The monoisotopic (exact) mass is 280 g/mol. The molecule has 0 spiro atoms. The van der Waals surface area contributed by atoms with Crippen LogP contribution in [-0.4, -0.2) is 22.6 Å². The number of benzene rings is 1. The van der Waals surface area contributed by atoms with Crippen LogP contribution in [0.5, 0.6) is 0 Å². The van der Waals surface area contributed by atoms with Crippen LogP contribution in [0.25, 0.3) is 0 Å². The van der Waals surface area contributed by atoms with E-state index in [1.165, 1.54) is 0 Å². The number of nitrogens with zero attached hydrogens (tertiary/aromatic N) is 1. The van der Waals surface area contributed by atoms with Gasteiger partial charge in [-0.2, -0.15) is 0 Å². The molecule has 0 aliphatic heterocycles. The lowest BCUT2D eigenvalue weighted by molar-refractivity contribution is 0.102. The van der Waals surface area contributed by atoms with Crippen LogP contribution < -0.4 is 5.32 Å². The van der Waals surface area contributed by atoms with Crippen molar-refractivity contribution >= 4 is 11.7 Å². The number of hydrogen-bond donors (Lipinski definition) is 2. The summed E-state index contributed by atoms with van der Waals surface area (Å²) in [5.41, 5.74) is 3.23. The van der Waals surface area contributed by atoms with Crippen LogP contribution in [0.4, 0.5) is 5.82 Å². The van der Waals surface area contributed by atoms with E-state index >= 15 is 0 Å². The van der Waals surface area contributed by atoms with Gasteiger partial charge in [0.15, 0.2) is 0 Å². The van der Waals surface area contributed by atoms with Crippen LogP contribution in [-0.2, 0) is 0 Å². The maximum atomic E-state index is 12.2. The van der Waals surface area contributed by atoms with Gasteiger partial charge in [0.25, 0.3) is 5.91 Å². The predicted octanol–water partition coefficient (Wildman–Crippen LogP) is 2.29. The number of rotatable bonds is 2. The molecule has 0 bridgehead atoms. The molecular formula is C17H16N2O2. The topological polar surface area (TPSA) is 62.2 Å². The highest BCUT2D eigenvalue weighted by Crippen LogP contribution is 2.12. The van der Waals surface area contributed by atoms with Gasteiger partial charge in [-0.15, -0.1) is 0 Å². The average Bonchev–Trinajstić information content (AvgIpc) is 2.48. The van der Waals surface area contributed by atoms with Crippen LogP contribution >= 0.6 is 0 Å². The molecule has 0 saturated heterocycles. The fraction of sp³-hybridized carbons (Fsp3) is 0.176. The van der Waals surface area contributed by atoms with E-state index in [-0.39, 0.29) is 12.5 Å². The van der Waals surface area contributed by atoms with Crippen LogP contribution in [0.2, 0.25) is 0 Å².